The third-order valence-corrected chi connectivity index (χ3v) is 3.91. The van der Waals surface area contributed by atoms with Gasteiger partial charge in [0.2, 0.25) is 5.76 Å². The van der Waals surface area contributed by atoms with Crippen LogP contribution < -0.4 is 10.6 Å². The normalized spacial score (nSPS) is 22.2. The Kier molecular flexibility index (Phi) is 3.83. The molecule has 1 aromatic heterocycles. The molecule has 1 aliphatic heterocycles. The van der Waals surface area contributed by atoms with Crippen molar-refractivity contribution in [3.05, 3.63) is 23.7 Å². The van der Waals surface area contributed by atoms with Crippen molar-refractivity contribution in [2.24, 2.45) is 0 Å². The fourth-order valence-electron chi connectivity index (χ4n) is 2.67. The summed E-state index contributed by atoms with van der Waals surface area (Å²) in [5, 5.41) is 14.4. The number of hydrogen-bond donors (Lipinski definition) is 3. The van der Waals surface area contributed by atoms with Crippen molar-refractivity contribution < 1.29 is 19.1 Å². The number of furan rings is 1. The Morgan fingerprint density at radius 2 is 2.14 bits per heavy atom. The zero-order valence-electron chi connectivity index (χ0n) is 11.7. The van der Waals surface area contributed by atoms with Gasteiger partial charge in [-0.1, -0.05) is 0 Å². The first kappa shape index (κ1) is 13.9. The van der Waals surface area contributed by atoms with E-state index in [4.69, 9.17) is 9.52 Å². The van der Waals surface area contributed by atoms with Crippen LogP contribution in [0, 0.1) is 0 Å². The van der Waals surface area contributed by atoms with Crippen LogP contribution in [-0.4, -0.2) is 47.2 Å². The van der Waals surface area contributed by atoms with Crippen molar-refractivity contribution in [2.45, 2.75) is 37.9 Å². The van der Waals surface area contributed by atoms with Crippen LogP contribution in [0.15, 0.2) is 16.5 Å². The highest BCUT2D eigenvalue weighted by Gasteiger charge is 2.34. The van der Waals surface area contributed by atoms with Crippen molar-refractivity contribution in [3.63, 3.8) is 0 Å². The molecule has 3 N–H and O–H groups in total. The lowest BCUT2D eigenvalue weighted by Crippen LogP contribution is -2.43. The topological polar surface area (TPSA) is 94.8 Å². The van der Waals surface area contributed by atoms with E-state index in [0.717, 1.165) is 25.6 Å². The number of urea groups is 1. The number of likely N-dealkylation sites (tertiary alicyclic amines) is 1. The molecule has 1 unspecified atom stereocenters. The van der Waals surface area contributed by atoms with E-state index < -0.39 is 5.97 Å². The third kappa shape index (κ3) is 3.55. The quantitative estimate of drug-likeness (QED) is 0.753. The van der Waals surface area contributed by atoms with E-state index >= 15 is 0 Å². The second-order valence-corrected chi connectivity index (χ2v) is 5.61. The van der Waals surface area contributed by atoms with Gasteiger partial charge in [-0.2, -0.15) is 0 Å². The van der Waals surface area contributed by atoms with E-state index in [0.29, 0.717) is 5.76 Å². The molecule has 1 aliphatic carbocycles. The smallest absolute Gasteiger partial charge is 0.371 e. The number of nitrogens with one attached hydrogen (secondary N) is 2. The van der Waals surface area contributed by atoms with Gasteiger partial charge < -0.3 is 20.2 Å². The highest BCUT2D eigenvalue weighted by atomic mass is 16.4. The molecule has 0 bridgehead atoms. The number of carbonyl (C=O) groups is 2. The van der Waals surface area contributed by atoms with Crippen LogP contribution in [0.2, 0.25) is 0 Å². The van der Waals surface area contributed by atoms with Crippen molar-refractivity contribution in [1.29, 1.82) is 0 Å². The summed E-state index contributed by atoms with van der Waals surface area (Å²) in [6.07, 6.45) is 3.54. The summed E-state index contributed by atoms with van der Waals surface area (Å²) >= 11 is 0. The monoisotopic (exact) mass is 293 g/mol. The lowest BCUT2D eigenvalue weighted by molar-refractivity contribution is 0.0660. The Morgan fingerprint density at radius 1 is 1.33 bits per heavy atom. The number of aromatic carboxylic acids is 1. The fourth-order valence-corrected chi connectivity index (χ4v) is 2.67. The number of amides is 2. The summed E-state index contributed by atoms with van der Waals surface area (Å²) in [4.78, 5) is 24.9. The first-order chi connectivity index (χ1) is 10.1. The van der Waals surface area contributed by atoms with Crippen LogP contribution in [-0.2, 0) is 6.54 Å². The van der Waals surface area contributed by atoms with Gasteiger partial charge in [0.15, 0.2) is 0 Å². The van der Waals surface area contributed by atoms with Gasteiger partial charge in [0.1, 0.15) is 5.76 Å². The summed E-state index contributed by atoms with van der Waals surface area (Å²) in [5.41, 5.74) is 0. The molecule has 114 valence electrons. The number of carboxylic acids is 1. The minimum absolute atomic E-state index is 0.122. The van der Waals surface area contributed by atoms with Crippen LogP contribution in [0.25, 0.3) is 0 Å². The van der Waals surface area contributed by atoms with Crippen molar-refractivity contribution in [1.82, 2.24) is 15.5 Å². The molecule has 0 radical (unpaired) electrons. The highest BCUT2D eigenvalue weighted by molar-refractivity contribution is 5.84. The summed E-state index contributed by atoms with van der Waals surface area (Å²) in [6, 6.07) is 3.61. The largest absolute Gasteiger partial charge is 0.475 e. The second kappa shape index (κ2) is 5.77. The molecule has 0 spiro atoms. The molecule has 2 heterocycles. The molecule has 21 heavy (non-hydrogen) atoms. The lowest BCUT2D eigenvalue weighted by atomic mass is 10.3. The standard InChI is InChI=1S/C14H19N3O4/c18-13(19)12-4-3-11(21-12)7-15-14(20)16-9-5-6-17(8-9)10-1-2-10/h3-4,9-10H,1-2,5-8H2,(H,18,19)(H2,15,16,20). The molecular formula is C14H19N3O4. The second-order valence-electron chi connectivity index (χ2n) is 5.61. The average Bonchev–Trinajstić information content (AvgIpc) is 3.00. The Labute approximate surface area is 122 Å². The first-order valence-corrected chi connectivity index (χ1v) is 7.22. The van der Waals surface area contributed by atoms with Crippen LogP contribution >= 0.6 is 0 Å². The van der Waals surface area contributed by atoms with Gasteiger partial charge >= 0.3 is 12.0 Å². The number of nitrogens with zero attached hydrogens (tertiary/aromatic N) is 1. The zero-order valence-corrected chi connectivity index (χ0v) is 11.7. The summed E-state index contributed by atoms with van der Waals surface area (Å²) in [7, 11) is 0. The van der Waals surface area contributed by atoms with Crippen LogP contribution in [0.4, 0.5) is 4.79 Å². The number of rotatable bonds is 5. The van der Waals surface area contributed by atoms with Gasteiger partial charge in [0.25, 0.3) is 0 Å². The number of carbonyl (C=O) groups excluding carboxylic acids is 1. The van der Waals surface area contributed by atoms with Gasteiger partial charge in [0, 0.05) is 25.2 Å². The molecule has 7 nitrogen and oxygen atoms in total. The highest BCUT2D eigenvalue weighted by Crippen LogP contribution is 2.29. The molecule has 1 saturated heterocycles. The predicted molar refractivity (Wildman–Crippen MR) is 74.0 cm³/mol. The first-order valence-electron chi connectivity index (χ1n) is 7.22. The van der Waals surface area contributed by atoms with E-state index in [2.05, 4.69) is 15.5 Å². The molecule has 1 aromatic rings. The van der Waals surface area contributed by atoms with E-state index in [1.165, 1.54) is 18.9 Å². The van der Waals surface area contributed by atoms with Crippen molar-refractivity contribution in [3.8, 4) is 0 Å². The molecule has 7 heteroatoms. The van der Waals surface area contributed by atoms with Gasteiger partial charge in [-0.3, -0.25) is 4.90 Å². The molecule has 3 rings (SSSR count). The van der Waals surface area contributed by atoms with E-state index in [9.17, 15) is 9.59 Å². The molecule has 2 fully saturated rings. The molecular weight excluding hydrogens is 274 g/mol. The van der Waals surface area contributed by atoms with Crippen molar-refractivity contribution in [2.75, 3.05) is 13.1 Å². The van der Waals surface area contributed by atoms with Crippen LogP contribution in [0.3, 0.4) is 0 Å². The zero-order chi connectivity index (χ0) is 14.8. The van der Waals surface area contributed by atoms with E-state index in [-0.39, 0.29) is 24.4 Å². The third-order valence-electron chi connectivity index (χ3n) is 3.91. The summed E-state index contributed by atoms with van der Waals surface area (Å²) < 4.78 is 5.07. The molecule has 1 saturated carbocycles. The Hall–Kier alpha value is -2.02. The van der Waals surface area contributed by atoms with Gasteiger partial charge in [-0.25, -0.2) is 9.59 Å². The molecule has 2 amide bonds. The molecule has 0 aromatic carbocycles. The van der Waals surface area contributed by atoms with Gasteiger partial charge in [-0.15, -0.1) is 0 Å². The molecule has 1 atom stereocenters. The van der Waals surface area contributed by atoms with E-state index in [1.54, 1.807) is 6.07 Å². The van der Waals surface area contributed by atoms with Crippen LogP contribution in [0.5, 0.6) is 0 Å². The Morgan fingerprint density at radius 3 is 2.81 bits per heavy atom. The minimum atomic E-state index is -1.11. The number of hydrogen-bond acceptors (Lipinski definition) is 4. The maximum atomic E-state index is 11.8. The summed E-state index contributed by atoms with van der Waals surface area (Å²) in [6.45, 7) is 2.15. The maximum Gasteiger partial charge on any atom is 0.371 e. The van der Waals surface area contributed by atoms with Gasteiger partial charge in [-0.05, 0) is 31.4 Å². The SMILES string of the molecule is O=C(NCc1ccc(C(=O)O)o1)NC1CCN(C2CC2)C1. The maximum absolute atomic E-state index is 11.8. The van der Waals surface area contributed by atoms with Crippen LogP contribution in [0.1, 0.15) is 35.6 Å². The van der Waals surface area contributed by atoms with E-state index in [1.807, 2.05) is 0 Å². The average molecular weight is 293 g/mol. The summed E-state index contributed by atoms with van der Waals surface area (Å²) in [5.74, 6) is -0.812. The Bertz CT molecular complexity index is 538. The Balaban J connectivity index is 1.40. The minimum Gasteiger partial charge on any atom is -0.475 e. The fraction of sp³-hybridized carbons (Fsp3) is 0.571. The number of carboxylic acid groups (broad SMARTS) is 1. The predicted octanol–water partition coefficient (Wildman–Crippen LogP) is 1.01. The molecule has 2 aliphatic rings. The lowest BCUT2D eigenvalue weighted by Gasteiger charge is -2.15. The van der Waals surface area contributed by atoms with Crippen molar-refractivity contribution >= 4 is 12.0 Å². The van der Waals surface area contributed by atoms with Gasteiger partial charge in [0.05, 0.1) is 6.54 Å².